The van der Waals surface area contributed by atoms with Gasteiger partial charge in [-0.15, -0.1) is 12.4 Å². The molecule has 3 bridgehead atoms. The summed E-state index contributed by atoms with van der Waals surface area (Å²) in [5.41, 5.74) is 0. The van der Waals surface area contributed by atoms with Crippen molar-refractivity contribution in [2.45, 2.75) is 38.1 Å². The minimum Gasteiger partial charge on any atom is -0.395 e. The summed E-state index contributed by atoms with van der Waals surface area (Å²) in [7, 11) is 0. The van der Waals surface area contributed by atoms with Gasteiger partial charge in [0, 0.05) is 12.6 Å². The molecule has 0 heterocycles. The van der Waals surface area contributed by atoms with Crippen LogP contribution in [0.25, 0.3) is 0 Å². The van der Waals surface area contributed by atoms with Crippen LogP contribution >= 0.6 is 12.4 Å². The standard InChI is InChI=1S/C12H21NO.ClH/c14-4-3-13-12-10-2-1-9-5-8(6-10)7-11(9)12;/h8-14H,1-7H2;1H. The maximum Gasteiger partial charge on any atom is 0.0556 e. The summed E-state index contributed by atoms with van der Waals surface area (Å²) in [5, 5.41) is 12.5. The number of nitrogens with one attached hydrogen (secondary N) is 1. The number of aliphatic hydroxyl groups is 1. The zero-order chi connectivity index (χ0) is 9.54. The van der Waals surface area contributed by atoms with E-state index in [2.05, 4.69) is 5.32 Å². The Morgan fingerprint density at radius 1 is 1.07 bits per heavy atom. The van der Waals surface area contributed by atoms with Gasteiger partial charge >= 0.3 is 0 Å². The largest absolute Gasteiger partial charge is 0.395 e. The van der Waals surface area contributed by atoms with Gasteiger partial charge in [0.1, 0.15) is 0 Å². The van der Waals surface area contributed by atoms with Gasteiger partial charge in [-0.1, -0.05) is 0 Å². The van der Waals surface area contributed by atoms with Gasteiger partial charge in [0.25, 0.3) is 0 Å². The fourth-order valence-corrected chi connectivity index (χ4v) is 4.44. The lowest BCUT2D eigenvalue weighted by atomic mass is 9.68. The van der Waals surface area contributed by atoms with Gasteiger partial charge in [0.15, 0.2) is 0 Å². The number of halogens is 1. The van der Waals surface area contributed by atoms with E-state index < -0.39 is 0 Å². The SMILES string of the molecule is Cl.OCCNC1C2CCC3CC(C2)CC31. The molecule has 3 fully saturated rings. The summed E-state index contributed by atoms with van der Waals surface area (Å²) >= 11 is 0. The van der Waals surface area contributed by atoms with E-state index in [1.165, 1.54) is 32.1 Å². The molecule has 3 aliphatic carbocycles. The molecule has 0 aromatic heterocycles. The number of rotatable bonds is 3. The normalized spacial score (nSPS) is 46.6. The Bertz CT molecular complexity index is 224. The van der Waals surface area contributed by atoms with E-state index in [1.807, 2.05) is 0 Å². The van der Waals surface area contributed by atoms with E-state index in [0.717, 1.165) is 36.3 Å². The Labute approximate surface area is 98.2 Å². The number of hydrogen-bond acceptors (Lipinski definition) is 2. The maximum absolute atomic E-state index is 8.87. The number of aliphatic hydroxyl groups excluding tert-OH is 1. The summed E-state index contributed by atoms with van der Waals surface area (Å²) in [4.78, 5) is 0. The van der Waals surface area contributed by atoms with Crippen LogP contribution < -0.4 is 5.32 Å². The molecule has 2 N–H and O–H groups in total. The summed E-state index contributed by atoms with van der Waals surface area (Å²) < 4.78 is 0. The van der Waals surface area contributed by atoms with Crippen molar-refractivity contribution in [3.63, 3.8) is 0 Å². The second-order valence-electron chi connectivity index (χ2n) is 5.54. The second kappa shape index (κ2) is 4.60. The summed E-state index contributed by atoms with van der Waals surface area (Å²) in [6, 6.07) is 0.750. The van der Waals surface area contributed by atoms with E-state index in [9.17, 15) is 0 Å². The summed E-state index contributed by atoms with van der Waals surface area (Å²) in [6.45, 7) is 1.10. The monoisotopic (exact) mass is 231 g/mol. The zero-order valence-electron chi connectivity index (χ0n) is 9.19. The van der Waals surface area contributed by atoms with Crippen molar-refractivity contribution in [3.8, 4) is 0 Å². The van der Waals surface area contributed by atoms with Crippen molar-refractivity contribution in [1.29, 1.82) is 0 Å². The molecule has 3 saturated carbocycles. The highest BCUT2D eigenvalue weighted by molar-refractivity contribution is 5.85. The predicted molar refractivity (Wildman–Crippen MR) is 63.2 cm³/mol. The molecule has 2 nitrogen and oxygen atoms in total. The molecule has 0 aromatic carbocycles. The molecule has 0 aromatic rings. The molecule has 0 aliphatic heterocycles. The molecule has 3 rings (SSSR count). The molecule has 3 heteroatoms. The Morgan fingerprint density at radius 2 is 1.80 bits per heavy atom. The van der Waals surface area contributed by atoms with Crippen molar-refractivity contribution >= 4 is 12.4 Å². The number of fused-ring (bicyclic) bond motifs is 2. The highest BCUT2D eigenvalue weighted by atomic mass is 35.5. The fourth-order valence-electron chi connectivity index (χ4n) is 4.44. The van der Waals surface area contributed by atoms with Crippen molar-refractivity contribution in [3.05, 3.63) is 0 Å². The Hall–Kier alpha value is 0.210. The molecule has 0 radical (unpaired) electrons. The molecule has 0 amide bonds. The van der Waals surface area contributed by atoms with Gasteiger partial charge in [-0.25, -0.2) is 0 Å². The molecule has 5 unspecified atom stereocenters. The van der Waals surface area contributed by atoms with Crippen LogP contribution in [0.15, 0.2) is 0 Å². The highest BCUT2D eigenvalue weighted by Gasteiger charge is 2.49. The topological polar surface area (TPSA) is 32.3 Å². The van der Waals surface area contributed by atoms with E-state index in [4.69, 9.17) is 5.11 Å². The van der Waals surface area contributed by atoms with Crippen molar-refractivity contribution in [2.75, 3.05) is 13.2 Å². The third-order valence-corrected chi connectivity index (χ3v) is 4.85. The van der Waals surface area contributed by atoms with Crippen LogP contribution in [0.4, 0.5) is 0 Å². The second-order valence-corrected chi connectivity index (χ2v) is 5.54. The van der Waals surface area contributed by atoms with E-state index >= 15 is 0 Å². The number of hydrogen-bond donors (Lipinski definition) is 2. The van der Waals surface area contributed by atoms with Gasteiger partial charge < -0.3 is 10.4 Å². The van der Waals surface area contributed by atoms with E-state index in [0.29, 0.717) is 6.61 Å². The van der Waals surface area contributed by atoms with Crippen LogP contribution in [0.3, 0.4) is 0 Å². The highest BCUT2D eigenvalue weighted by Crippen LogP contribution is 2.54. The lowest BCUT2D eigenvalue weighted by molar-refractivity contribution is 0.108. The third-order valence-electron chi connectivity index (χ3n) is 4.85. The summed E-state index contributed by atoms with van der Waals surface area (Å²) in [5.74, 6) is 3.97. The lowest BCUT2D eigenvalue weighted by Crippen LogP contribution is -2.49. The smallest absolute Gasteiger partial charge is 0.0556 e. The van der Waals surface area contributed by atoms with Crippen LogP contribution in [0.1, 0.15) is 32.1 Å². The van der Waals surface area contributed by atoms with Crippen LogP contribution in [0, 0.1) is 23.7 Å². The lowest BCUT2D eigenvalue weighted by Gasteiger charge is -2.43. The van der Waals surface area contributed by atoms with Crippen molar-refractivity contribution in [1.82, 2.24) is 5.32 Å². The molecule has 3 aliphatic rings. The van der Waals surface area contributed by atoms with Crippen molar-refractivity contribution < 1.29 is 5.11 Å². The zero-order valence-corrected chi connectivity index (χ0v) is 10.0. The molecule has 5 atom stereocenters. The van der Waals surface area contributed by atoms with Crippen LogP contribution in [-0.4, -0.2) is 24.3 Å². The average molecular weight is 232 g/mol. The predicted octanol–water partition coefficient (Wildman–Crippen LogP) is 1.81. The minimum absolute atomic E-state index is 0. The molecule has 0 saturated heterocycles. The first-order chi connectivity index (χ1) is 6.88. The van der Waals surface area contributed by atoms with Crippen molar-refractivity contribution in [2.24, 2.45) is 23.7 Å². The van der Waals surface area contributed by atoms with E-state index in [-0.39, 0.29) is 12.4 Å². The Kier molecular flexibility index (Phi) is 3.59. The minimum atomic E-state index is 0. The van der Waals surface area contributed by atoms with Gasteiger partial charge in [0.05, 0.1) is 6.61 Å². The first-order valence-electron chi connectivity index (χ1n) is 6.22. The fraction of sp³-hybridized carbons (Fsp3) is 1.00. The van der Waals surface area contributed by atoms with Gasteiger partial charge in [-0.2, -0.15) is 0 Å². The third kappa shape index (κ3) is 1.92. The van der Waals surface area contributed by atoms with Gasteiger partial charge in [-0.05, 0) is 55.8 Å². The average Bonchev–Trinajstić information content (AvgIpc) is 2.40. The van der Waals surface area contributed by atoms with Gasteiger partial charge in [-0.3, -0.25) is 0 Å². The first-order valence-corrected chi connectivity index (χ1v) is 6.22. The Balaban J connectivity index is 0.000000853. The molecular formula is C12H22ClNO. The molecule has 0 spiro atoms. The molecular weight excluding hydrogens is 210 g/mol. The van der Waals surface area contributed by atoms with Crippen LogP contribution in [0.2, 0.25) is 0 Å². The quantitative estimate of drug-likeness (QED) is 0.777. The first kappa shape index (κ1) is 11.7. The van der Waals surface area contributed by atoms with Crippen LogP contribution in [-0.2, 0) is 0 Å². The van der Waals surface area contributed by atoms with Gasteiger partial charge in [0.2, 0.25) is 0 Å². The Morgan fingerprint density at radius 3 is 2.60 bits per heavy atom. The molecule has 15 heavy (non-hydrogen) atoms. The van der Waals surface area contributed by atoms with E-state index in [1.54, 1.807) is 0 Å². The summed E-state index contributed by atoms with van der Waals surface area (Å²) in [6.07, 6.45) is 7.39. The van der Waals surface area contributed by atoms with Crippen LogP contribution in [0.5, 0.6) is 0 Å². The molecule has 88 valence electrons. The maximum atomic E-state index is 8.87.